The molecule has 0 heterocycles. The molecule has 0 aliphatic carbocycles. The molecule has 0 saturated heterocycles. The van der Waals surface area contributed by atoms with E-state index in [9.17, 15) is 0 Å². The van der Waals surface area contributed by atoms with Crippen LogP contribution in [0.15, 0.2) is 47.6 Å². The Morgan fingerprint density at radius 1 is 1.20 bits per heavy atom. The van der Waals surface area contributed by atoms with Crippen LogP contribution in [0.25, 0.3) is 0 Å². The van der Waals surface area contributed by atoms with Gasteiger partial charge in [0.15, 0.2) is 5.84 Å². The molecule has 2 rings (SSSR count). The molecule has 0 amide bonds. The minimum atomic E-state index is -0.0884. The maximum Gasteiger partial charge on any atom is 0.173 e. The van der Waals surface area contributed by atoms with Crippen LogP contribution in [0.1, 0.15) is 11.1 Å². The molecule has 4 N–H and O–H groups in total. The molecule has 0 atom stereocenters. The number of rotatable bonds is 4. The molecule has 0 spiro atoms. The van der Waals surface area contributed by atoms with Gasteiger partial charge in [0.1, 0.15) is 11.5 Å². The highest BCUT2D eigenvalue weighted by atomic mass is 35.5. The predicted molar refractivity (Wildman–Crippen MR) is 76.4 cm³/mol. The van der Waals surface area contributed by atoms with Gasteiger partial charge in [0.25, 0.3) is 0 Å². The Kier molecular flexibility index (Phi) is 4.45. The fraction of sp³-hybridized carbons (Fsp3) is 0.0714. The van der Waals surface area contributed by atoms with E-state index in [1.54, 1.807) is 42.5 Å². The molecular weight excluding hydrogens is 280 g/mol. The average molecular weight is 293 g/mol. The highest BCUT2D eigenvalue weighted by molar-refractivity contribution is 6.31. The molecule has 0 saturated carbocycles. The van der Waals surface area contributed by atoms with E-state index in [0.717, 1.165) is 5.56 Å². The van der Waals surface area contributed by atoms with Crippen molar-refractivity contribution in [3.63, 3.8) is 0 Å². The van der Waals surface area contributed by atoms with Crippen LogP contribution < -0.4 is 10.5 Å². The molecule has 0 unspecified atom stereocenters. The summed E-state index contributed by atoms with van der Waals surface area (Å²) in [5.74, 6) is 0.896. The maximum absolute atomic E-state index is 8.98. The fourth-order valence-corrected chi connectivity index (χ4v) is 1.81. The third kappa shape index (κ3) is 3.20. The molecule has 0 radical (unpaired) electrons. The van der Waals surface area contributed by atoms with Crippen molar-refractivity contribution < 1.29 is 15.1 Å². The van der Waals surface area contributed by atoms with Gasteiger partial charge in [0, 0.05) is 5.02 Å². The van der Waals surface area contributed by atoms with E-state index in [1.807, 2.05) is 0 Å². The molecule has 5 nitrogen and oxygen atoms in total. The quantitative estimate of drug-likeness (QED) is 0.350. The Labute approximate surface area is 120 Å². The van der Waals surface area contributed by atoms with E-state index >= 15 is 0 Å². The Morgan fingerprint density at radius 2 is 1.90 bits per heavy atom. The third-order valence-corrected chi connectivity index (χ3v) is 2.89. The van der Waals surface area contributed by atoms with Crippen LogP contribution in [0.5, 0.6) is 11.5 Å². The number of benzene rings is 2. The van der Waals surface area contributed by atoms with Crippen LogP contribution >= 0.6 is 11.6 Å². The van der Waals surface area contributed by atoms with Crippen molar-refractivity contribution in [2.75, 3.05) is 0 Å². The van der Waals surface area contributed by atoms with Crippen molar-refractivity contribution >= 4 is 17.4 Å². The van der Waals surface area contributed by atoms with E-state index in [2.05, 4.69) is 5.16 Å². The number of aliphatic hydroxyl groups excluding tert-OH is 1. The minimum absolute atomic E-state index is 0.0312. The summed E-state index contributed by atoms with van der Waals surface area (Å²) in [6, 6.07) is 11.8. The monoisotopic (exact) mass is 292 g/mol. The van der Waals surface area contributed by atoms with Crippen LogP contribution in [0, 0.1) is 0 Å². The summed E-state index contributed by atoms with van der Waals surface area (Å²) in [5, 5.41) is 21.2. The van der Waals surface area contributed by atoms with E-state index in [-0.39, 0.29) is 12.4 Å². The summed E-state index contributed by atoms with van der Waals surface area (Å²) in [4.78, 5) is 0. The van der Waals surface area contributed by atoms with Crippen LogP contribution in [0.4, 0.5) is 0 Å². The van der Waals surface area contributed by atoms with Crippen molar-refractivity contribution in [3.8, 4) is 11.5 Å². The summed E-state index contributed by atoms with van der Waals surface area (Å²) in [6.07, 6.45) is 0. The summed E-state index contributed by atoms with van der Waals surface area (Å²) < 4.78 is 5.67. The number of nitrogens with zero attached hydrogens (tertiary/aromatic N) is 1. The number of amidine groups is 1. The number of halogens is 1. The zero-order valence-corrected chi connectivity index (χ0v) is 11.2. The SMILES string of the molecule is NC(=NO)c1cc(Cl)ccc1Oc1ccc(CO)cc1. The third-order valence-electron chi connectivity index (χ3n) is 2.66. The number of aliphatic hydroxyl groups is 1. The Balaban J connectivity index is 2.32. The molecule has 0 aliphatic rings. The van der Waals surface area contributed by atoms with Crippen LogP contribution in [-0.2, 0) is 6.61 Å². The van der Waals surface area contributed by atoms with Crippen molar-refractivity contribution in [3.05, 3.63) is 58.6 Å². The number of ether oxygens (including phenoxy) is 1. The van der Waals surface area contributed by atoms with E-state index in [1.165, 1.54) is 0 Å². The summed E-state index contributed by atoms with van der Waals surface area (Å²) in [6.45, 7) is -0.0312. The second kappa shape index (κ2) is 6.27. The Bertz CT molecular complexity index is 627. The van der Waals surface area contributed by atoms with Crippen molar-refractivity contribution in [2.45, 2.75) is 6.61 Å². The smallest absolute Gasteiger partial charge is 0.173 e. The van der Waals surface area contributed by atoms with E-state index < -0.39 is 0 Å². The van der Waals surface area contributed by atoms with Gasteiger partial charge in [-0.2, -0.15) is 0 Å². The highest BCUT2D eigenvalue weighted by Crippen LogP contribution is 2.28. The molecule has 0 aromatic heterocycles. The van der Waals surface area contributed by atoms with Gasteiger partial charge in [-0.25, -0.2) is 0 Å². The zero-order chi connectivity index (χ0) is 14.5. The first-order valence-corrected chi connectivity index (χ1v) is 6.17. The largest absolute Gasteiger partial charge is 0.457 e. The number of hydrogen-bond donors (Lipinski definition) is 3. The summed E-state index contributed by atoms with van der Waals surface area (Å²) >= 11 is 5.88. The highest BCUT2D eigenvalue weighted by Gasteiger charge is 2.10. The second-order valence-electron chi connectivity index (χ2n) is 4.03. The van der Waals surface area contributed by atoms with Gasteiger partial charge in [0.05, 0.1) is 12.2 Å². The van der Waals surface area contributed by atoms with E-state index in [0.29, 0.717) is 22.1 Å². The molecule has 2 aromatic rings. The zero-order valence-electron chi connectivity index (χ0n) is 10.5. The lowest BCUT2D eigenvalue weighted by molar-refractivity contribution is 0.281. The molecule has 6 heteroatoms. The van der Waals surface area contributed by atoms with Crippen molar-refractivity contribution in [1.82, 2.24) is 0 Å². The van der Waals surface area contributed by atoms with Gasteiger partial charge in [-0.1, -0.05) is 28.9 Å². The first kappa shape index (κ1) is 14.2. The Morgan fingerprint density at radius 3 is 2.50 bits per heavy atom. The molecule has 0 bridgehead atoms. The Hall–Kier alpha value is -2.24. The number of oxime groups is 1. The van der Waals surface area contributed by atoms with Gasteiger partial charge in [-0.15, -0.1) is 0 Å². The number of nitrogens with two attached hydrogens (primary N) is 1. The standard InChI is InChI=1S/C14H13ClN2O3/c15-10-3-6-13(12(7-10)14(16)17-19)20-11-4-1-9(8-18)2-5-11/h1-7,18-19H,8H2,(H2,16,17). The van der Waals surface area contributed by atoms with Crippen LogP contribution in [0.2, 0.25) is 5.02 Å². The van der Waals surface area contributed by atoms with Gasteiger partial charge >= 0.3 is 0 Å². The first-order chi connectivity index (χ1) is 9.63. The predicted octanol–water partition coefficient (Wildman–Crippen LogP) is 2.72. The van der Waals surface area contributed by atoms with Gasteiger partial charge in [-0.05, 0) is 35.9 Å². The molecule has 0 aliphatic heterocycles. The lowest BCUT2D eigenvalue weighted by Gasteiger charge is -2.11. The average Bonchev–Trinajstić information content (AvgIpc) is 2.49. The second-order valence-corrected chi connectivity index (χ2v) is 4.47. The van der Waals surface area contributed by atoms with Crippen LogP contribution in [-0.4, -0.2) is 16.1 Å². The molecule has 104 valence electrons. The summed E-state index contributed by atoms with van der Waals surface area (Å²) in [7, 11) is 0. The van der Waals surface area contributed by atoms with Crippen LogP contribution in [0.3, 0.4) is 0 Å². The molecule has 0 fully saturated rings. The number of hydrogen-bond acceptors (Lipinski definition) is 4. The van der Waals surface area contributed by atoms with Crippen molar-refractivity contribution in [2.24, 2.45) is 10.9 Å². The normalized spacial score (nSPS) is 11.4. The van der Waals surface area contributed by atoms with Crippen molar-refractivity contribution in [1.29, 1.82) is 0 Å². The lowest BCUT2D eigenvalue weighted by Crippen LogP contribution is -2.14. The van der Waals surface area contributed by atoms with Gasteiger partial charge in [0.2, 0.25) is 0 Å². The molecular formula is C14H13ClN2O3. The summed E-state index contributed by atoms with van der Waals surface area (Å²) in [5.41, 5.74) is 6.77. The minimum Gasteiger partial charge on any atom is -0.457 e. The first-order valence-electron chi connectivity index (χ1n) is 5.79. The molecule has 20 heavy (non-hydrogen) atoms. The lowest BCUT2D eigenvalue weighted by atomic mass is 10.2. The topological polar surface area (TPSA) is 88.1 Å². The van der Waals surface area contributed by atoms with Gasteiger partial charge in [-0.3, -0.25) is 0 Å². The molecule has 2 aromatic carbocycles. The maximum atomic E-state index is 8.98. The van der Waals surface area contributed by atoms with E-state index in [4.69, 9.17) is 32.4 Å². The van der Waals surface area contributed by atoms with Gasteiger partial charge < -0.3 is 20.8 Å². The fourth-order valence-electron chi connectivity index (χ4n) is 1.64.